The van der Waals surface area contributed by atoms with Gasteiger partial charge in [0.25, 0.3) is 11.5 Å². The molecule has 0 saturated carbocycles. The van der Waals surface area contributed by atoms with Crippen LogP contribution >= 0.6 is 35.7 Å². The fourth-order valence-electron chi connectivity index (χ4n) is 3.06. The Bertz CT molecular complexity index is 1220. The smallest absolute Gasteiger partial charge is 0.266 e. The molecule has 1 aromatic carbocycles. The number of benzene rings is 1. The highest BCUT2D eigenvalue weighted by Gasteiger charge is 2.35. The summed E-state index contributed by atoms with van der Waals surface area (Å²) < 4.78 is 2.02. The molecule has 0 unspecified atom stereocenters. The third-order valence-electron chi connectivity index (χ3n) is 4.82. The van der Waals surface area contributed by atoms with E-state index in [0.717, 1.165) is 11.3 Å². The van der Waals surface area contributed by atoms with Crippen molar-refractivity contribution in [2.75, 3.05) is 0 Å². The number of carbonyl (C=O) groups excluding carboxylic acids is 1. The Kier molecular flexibility index (Phi) is 6.08. The van der Waals surface area contributed by atoms with Crippen molar-refractivity contribution >= 4 is 57.7 Å². The van der Waals surface area contributed by atoms with E-state index in [4.69, 9.17) is 17.2 Å². The fraction of sp³-hybridized carbons (Fsp3) is 0.182. The Morgan fingerprint density at radius 3 is 2.63 bits per heavy atom. The van der Waals surface area contributed by atoms with Crippen LogP contribution in [0.1, 0.15) is 25.8 Å². The quantitative estimate of drug-likeness (QED) is 0.313. The Labute approximate surface area is 188 Å². The van der Waals surface area contributed by atoms with Gasteiger partial charge >= 0.3 is 0 Å². The molecule has 0 N–H and O–H groups in total. The van der Waals surface area contributed by atoms with Crippen molar-refractivity contribution in [1.29, 1.82) is 0 Å². The van der Waals surface area contributed by atoms with Crippen LogP contribution in [0.25, 0.3) is 11.7 Å². The summed E-state index contributed by atoms with van der Waals surface area (Å²) in [5.74, 6) is -0.160. The minimum absolute atomic E-state index is 0.0115. The maximum atomic E-state index is 13.3. The summed E-state index contributed by atoms with van der Waals surface area (Å²) in [5, 5.41) is 0.561. The van der Waals surface area contributed by atoms with E-state index in [9.17, 15) is 9.59 Å². The van der Waals surface area contributed by atoms with Crippen LogP contribution in [0.5, 0.6) is 0 Å². The first kappa shape index (κ1) is 20.8. The number of nitrogens with zero attached hydrogens (tertiary/aromatic N) is 3. The van der Waals surface area contributed by atoms with Crippen molar-refractivity contribution in [2.24, 2.45) is 0 Å². The highest BCUT2D eigenvalue weighted by atomic mass is 32.2. The lowest BCUT2D eigenvalue weighted by Gasteiger charge is -2.21. The molecule has 2 aromatic heterocycles. The predicted molar refractivity (Wildman–Crippen MR) is 127 cm³/mol. The maximum absolute atomic E-state index is 13.3. The molecule has 4 rings (SSSR count). The zero-order valence-corrected chi connectivity index (χ0v) is 18.9. The van der Waals surface area contributed by atoms with Gasteiger partial charge in [-0.05, 0) is 43.7 Å². The number of pyridine rings is 1. The number of carbonyl (C=O) groups is 1. The lowest BCUT2D eigenvalue weighted by molar-refractivity contribution is -0.123. The Morgan fingerprint density at radius 2 is 1.90 bits per heavy atom. The largest absolute Gasteiger partial charge is 0.290 e. The van der Waals surface area contributed by atoms with E-state index in [1.165, 1.54) is 27.9 Å². The zero-order chi connectivity index (χ0) is 21.3. The van der Waals surface area contributed by atoms with Gasteiger partial charge in [-0.3, -0.25) is 18.9 Å². The number of thiocarbonyl (C=S) groups is 1. The van der Waals surface area contributed by atoms with E-state index in [1.54, 1.807) is 29.3 Å². The molecule has 0 bridgehead atoms. The molecule has 1 amide bonds. The molecule has 8 heteroatoms. The van der Waals surface area contributed by atoms with Crippen LogP contribution < -0.4 is 5.56 Å². The summed E-state index contributed by atoms with van der Waals surface area (Å²) >= 11 is 8.06. The molecule has 1 fully saturated rings. The normalized spacial score (nSPS) is 16.6. The monoisotopic (exact) mass is 453 g/mol. The minimum atomic E-state index is -0.215. The van der Waals surface area contributed by atoms with E-state index in [-0.39, 0.29) is 17.5 Å². The molecule has 0 spiro atoms. The molecule has 3 heterocycles. The molecule has 1 saturated heterocycles. The van der Waals surface area contributed by atoms with Crippen molar-refractivity contribution in [2.45, 2.75) is 36.2 Å². The predicted octanol–water partition coefficient (Wildman–Crippen LogP) is 4.85. The molecular formula is C22H19N3O2S3. The van der Waals surface area contributed by atoms with Crippen LogP contribution in [0.3, 0.4) is 0 Å². The fourth-order valence-corrected chi connectivity index (χ4v) is 5.41. The number of rotatable bonds is 5. The maximum Gasteiger partial charge on any atom is 0.266 e. The van der Waals surface area contributed by atoms with Gasteiger partial charge in [0, 0.05) is 17.1 Å². The first-order valence-corrected chi connectivity index (χ1v) is 11.5. The van der Waals surface area contributed by atoms with Gasteiger partial charge in [-0.2, -0.15) is 0 Å². The van der Waals surface area contributed by atoms with Crippen LogP contribution in [-0.4, -0.2) is 30.6 Å². The number of fused-ring (bicyclic) bond motifs is 1. The number of hydrogen-bond donors (Lipinski definition) is 0. The number of aromatic nitrogens is 2. The van der Waals surface area contributed by atoms with E-state index in [1.807, 2.05) is 50.2 Å². The molecule has 1 aliphatic rings. The average molecular weight is 454 g/mol. The minimum Gasteiger partial charge on any atom is -0.290 e. The second kappa shape index (κ2) is 8.75. The second-order valence-electron chi connectivity index (χ2n) is 6.79. The van der Waals surface area contributed by atoms with Gasteiger partial charge in [0.05, 0.1) is 10.5 Å². The van der Waals surface area contributed by atoms with Crippen LogP contribution in [0.2, 0.25) is 0 Å². The third-order valence-corrected chi connectivity index (χ3v) is 7.17. The number of thioether (sulfide) groups is 1. The summed E-state index contributed by atoms with van der Waals surface area (Å²) in [6.45, 7) is 3.98. The lowest BCUT2D eigenvalue weighted by Crippen LogP contribution is -2.36. The summed E-state index contributed by atoms with van der Waals surface area (Å²) in [5.41, 5.74) is 0.732. The van der Waals surface area contributed by atoms with Crippen LogP contribution in [0, 0.1) is 0 Å². The number of hydrogen-bond acceptors (Lipinski definition) is 6. The Hall–Kier alpha value is -2.42. The van der Waals surface area contributed by atoms with Crippen molar-refractivity contribution in [3.63, 3.8) is 0 Å². The molecule has 1 aliphatic heterocycles. The SMILES string of the molecule is CC[C@H](C)N1C(=O)/C(=C/c2c(Sc3ccccc3)nc3ccccn3c2=O)SC1=S. The van der Waals surface area contributed by atoms with E-state index in [2.05, 4.69) is 0 Å². The Morgan fingerprint density at radius 1 is 1.17 bits per heavy atom. The van der Waals surface area contributed by atoms with Gasteiger partial charge in [-0.1, -0.05) is 66.9 Å². The lowest BCUT2D eigenvalue weighted by atomic mass is 10.2. The van der Waals surface area contributed by atoms with Gasteiger partial charge in [-0.25, -0.2) is 4.98 Å². The van der Waals surface area contributed by atoms with Gasteiger partial charge in [0.2, 0.25) is 0 Å². The van der Waals surface area contributed by atoms with Crippen LogP contribution in [0.4, 0.5) is 0 Å². The molecule has 0 radical (unpaired) electrons. The molecular weight excluding hydrogens is 434 g/mol. The summed E-state index contributed by atoms with van der Waals surface area (Å²) in [7, 11) is 0. The number of amides is 1. The van der Waals surface area contributed by atoms with Crippen molar-refractivity contribution in [3.8, 4) is 0 Å². The van der Waals surface area contributed by atoms with Crippen molar-refractivity contribution in [1.82, 2.24) is 14.3 Å². The van der Waals surface area contributed by atoms with Crippen LogP contribution in [0.15, 0.2) is 74.3 Å². The van der Waals surface area contributed by atoms with Gasteiger partial charge in [-0.15, -0.1) is 0 Å². The molecule has 5 nitrogen and oxygen atoms in total. The van der Waals surface area contributed by atoms with Crippen LogP contribution in [-0.2, 0) is 4.79 Å². The van der Waals surface area contributed by atoms with Gasteiger partial charge in [0.1, 0.15) is 15.0 Å². The highest BCUT2D eigenvalue weighted by molar-refractivity contribution is 8.26. The van der Waals surface area contributed by atoms with E-state index < -0.39 is 0 Å². The average Bonchev–Trinajstić information content (AvgIpc) is 3.04. The molecule has 1 atom stereocenters. The summed E-state index contributed by atoms with van der Waals surface area (Å²) in [4.78, 5) is 34.0. The van der Waals surface area contributed by atoms with Gasteiger partial charge in [0.15, 0.2) is 0 Å². The van der Waals surface area contributed by atoms with Gasteiger partial charge < -0.3 is 0 Å². The van der Waals surface area contributed by atoms with Crippen molar-refractivity contribution in [3.05, 3.63) is 75.6 Å². The molecule has 152 valence electrons. The first-order valence-electron chi connectivity index (χ1n) is 9.51. The first-order chi connectivity index (χ1) is 14.5. The third kappa shape index (κ3) is 3.95. The topological polar surface area (TPSA) is 54.7 Å². The second-order valence-corrected chi connectivity index (χ2v) is 9.53. The highest BCUT2D eigenvalue weighted by Crippen LogP contribution is 2.36. The van der Waals surface area contributed by atoms with E-state index >= 15 is 0 Å². The molecule has 0 aliphatic carbocycles. The van der Waals surface area contributed by atoms with Crippen molar-refractivity contribution < 1.29 is 4.79 Å². The summed E-state index contributed by atoms with van der Waals surface area (Å²) in [6, 6.07) is 15.2. The Balaban J connectivity index is 1.85. The zero-order valence-electron chi connectivity index (χ0n) is 16.4. The standard InChI is InChI=1S/C22H19N3O2S3/c1-3-14(2)25-21(27)17(30-22(25)28)13-16-19(29-15-9-5-4-6-10-15)23-18-11-7-8-12-24(18)20(16)26/h4-14H,3H2,1-2H3/b17-13-/t14-/m0/s1. The van der Waals surface area contributed by atoms with E-state index in [0.29, 0.717) is 25.5 Å². The molecule has 3 aromatic rings. The molecule has 30 heavy (non-hydrogen) atoms. The summed E-state index contributed by atoms with van der Waals surface area (Å²) in [6.07, 6.45) is 4.13.